The van der Waals surface area contributed by atoms with Gasteiger partial charge in [0.25, 0.3) is 0 Å². The standard InChI is InChI=1S/C17H16ClF2NS.C2HF3O2/c18-12-4-5-15(14(20)10-12)22-16-3-1-2-13(19)17(16)11-6-8-21-9-7-11;3-2(4,5)1(6)7/h1-5,10-11,21H,6-9H2;(H,6,7). The van der Waals surface area contributed by atoms with Crippen LogP contribution >= 0.6 is 23.4 Å². The average Bonchev–Trinajstić information content (AvgIpc) is 2.64. The van der Waals surface area contributed by atoms with E-state index in [2.05, 4.69) is 5.32 Å². The summed E-state index contributed by atoms with van der Waals surface area (Å²) < 4.78 is 60.1. The molecule has 0 amide bonds. The second-order valence-corrected chi connectivity index (χ2v) is 7.68. The molecule has 2 aromatic carbocycles. The van der Waals surface area contributed by atoms with Crippen LogP contribution in [0.15, 0.2) is 46.2 Å². The van der Waals surface area contributed by atoms with Gasteiger partial charge in [-0.25, -0.2) is 13.6 Å². The quantitative estimate of drug-likeness (QED) is 0.571. The van der Waals surface area contributed by atoms with Crippen molar-refractivity contribution in [2.24, 2.45) is 0 Å². The van der Waals surface area contributed by atoms with Crippen molar-refractivity contribution in [3.63, 3.8) is 0 Å². The number of benzene rings is 2. The van der Waals surface area contributed by atoms with Gasteiger partial charge in [0, 0.05) is 20.4 Å². The lowest BCUT2D eigenvalue weighted by molar-refractivity contribution is -0.192. The number of nitrogens with one attached hydrogen (secondary N) is 1. The first-order chi connectivity index (χ1) is 13.6. The third-order valence-corrected chi connectivity index (χ3v) is 5.48. The molecule has 0 spiro atoms. The summed E-state index contributed by atoms with van der Waals surface area (Å²) in [6.07, 6.45) is -3.28. The molecule has 1 heterocycles. The summed E-state index contributed by atoms with van der Waals surface area (Å²) in [4.78, 5) is 10.1. The minimum absolute atomic E-state index is 0.181. The summed E-state index contributed by atoms with van der Waals surface area (Å²) in [7, 11) is 0. The van der Waals surface area contributed by atoms with Gasteiger partial charge < -0.3 is 10.4 Å². The van der Waals surface area contributed by atoms with Gasteiger partial charge in [0.15, 0.2) is 0 Å². The zero-order valence-electron chi connectivity index (χ0n) is 14.9. The maximum atomic E-state index is 14.4. The molecule has 10 heteroatoms. The monoisotopic (exact) mass is 453 g/mol. The van der Waals surface area contributed by atoms with Crippen molar-refractivity contribution in [1.29, 1.82) is 0 Å². The van der Waals surface area contributed by atoms with Gasteiger partial charge in [-0.3, -0.25) is 0 Å². The number of hydrogen-bond donors (Lipinski definition) is 2. The van der Waals surface area contributed by atoms with Crippen molar-refractivity contribution in [3.05, 3.63) is 58.6 Å². The van der Waals surface area contributed by atoms with Crippen molar-refractivity contribution >= 4 is 29.3 Å². The van der Waals surface area contributed by atoms with Crippen LogP contribution in [0.3, 0.4) is 0 Å². The molecule has 0 saturated carbocycles. The van der Waals surface area contributed by atoms with E-state index in [4.69, 9.17) is 21.5 Å². The van der Waals surface area contributed by atoms with Gasteiger partial charge in [0.2, 0.25) is 0 Å². The molecule has 2 aromatic rings. The van der Waals surface area contributed by atoms with E-state index in [1.165, 1.54) is 23.9 Å². The number of rotatable bonds is 3. The molecule has 1 fully saturated rings. The molecule has 3 nitrogen and oxygen atoms in total. The Labute approximate surface area is 173 Å². The van der Waals surface area contributed by atoms with Gasteiger partial charge in [-0.2, -0.15) is 13.2 Å². The molecule has 0 aromatic heterocycles. The Morgan fingerprint density at radius 1 is 1.07 bits per heavy atom. The minimum atomic E-state index is -5.08. The number of hydrogen-bond acceptors (Lipinski definition) is 3. The molecule has 0 atom stereocenters. The Kier molecular flexibility index (Phi) is 8.30. The van der Waals surface area contributed by atoms with E-state index in [9.17, 15) is 22.0 Å². The lowest BCUT2D eigenvalue weighted by atomic mass is 9.90. The van der Waals surface area contributed by atoms with E-state index in [0.717, 1.165) is 30.8 Å². The number of alkyl halides is 3. The highest BCUT2D eigenvalue weighted by Gasteiger charge is 2.38. The van der Waals surface area contributed by atoms with Gasteiger partial charge in [0.05, 0.1) is 0 Å². The van der Waals surface area contributed by atoms with Crippen LogP contribution in [0.5, 0.6) is 0 Å². The minimum Gasteiger partial charge on any atom is -0.475 e. The second-order valence-electron chi connectivity index (χ2n) is 6.16. The maximum Gasteiger partial charge on any atom is 0.490 e. The van der Waals surface area contributed by atoms with Gasteiger partial charge in [0.1, 0.15) is 11.6 Å². The van der Waals surface area contributed by atoms with Crippen molar-refractivity contribution in [1.82, 2.24) is 5.32 Å². The van der Waals surface area contributed by atoms with Crippen LogP contribution in [0, 0.1) is 11.6 Å². The lowest BCUT2D eigenvalue weighted by Crippen LogP contribution is -2.27. The van der Waals surface area contributed by atoms with Crippen LogP contribution in [-0.4, -0.2) is 30.3 Å². The largest absolute Gasteiger partial charge is 0.490 e. The fourth-order valence-electron chi connectivity index (χ4n) is 2.79. The molecule has 1 aliphatic rings. The molecule has 0 unspecified atom stereocenters. The number of carboxylic acid groups (broad SMARTS) is 1. The van der Waals surface area contributed by atoms with Crippen molar-refractivity contribution in [2.45, 2.75) is 34.7 Å². The predicted molar refractivity (Wildman–Crippen MR) is 100 cm³/mol. The highest BCUT2D eigenvalue weighted by molar-refractivity contribution is 7.99. The molecule has 0 bridgehead atoms. The third-order valence-electron chi connectivity index (χ3n) is 4.12. The SMILES string of the molecule is Fc1cc(Cl)ccc1Sc1cccc(F)c1C1CCNCC1.O=C(O)C(F)(F)F. The first-order valence-electron chi connectivity index (χ1n) is 8.51. The van der Waals surface area contributed by atoms with Crippen molar-refractivity contribution < 1.29 is 31.9 Å². The highest BCUT2D eigenvalue weighted by Crippen LogP contribution is 2.39. The zero-order chi connectivity index (χ0) is 21.6. The highest BCUT2D eigenvalue weighted by atomic mass is 35.5. The number of carboxylic acids is 1. The normalized spacial score (nSPS) is 14.8. The molecule has 0 aliphatic carbocycles. The van der Waals surface area contributed by atoms with Crippen LogP contribution in [0.1, 0.15) is 24.3 Å². The van der Waals surface area contributed by atoms with Gasteiger partial charge in [-0.1, -0.05) is 29.4 Å². The third kappa shape index (κ3) is 6.87. The summed E-state index contributed by atoms with van der Waals surface area (Å²) in [6, 6.07) is 9.60. The fraction of sp³-hybridized carbons (Fsp3) is 0.316. The Balaban J connectivity index is 0.000000370. The summed E-state index contributed by atoms with van der Waals surface area (Å²) in [5.74, 6) is -3.16. The number of piperidine rings is 1. The molecule has 3 rings (SSSR count). The van der Waals surface area contributed by atoms with E-state index in [0.29, 0.717) is 15.5 Å². The molecule has 2 N–H and O–H groups in total. The van der Waals surface area contributed by atoms with Gasteiger partial charge in [-0.05, 0) is 62.2 Å². The van der Waals surface area contributed by atoms with Crippen molar-refractivity contribution in [3.8, 4) is 0 Å². The summed E-state index contributed by atoms with van der Waals surface area (Å²) >= 11 is 7.05. The number of carbonyl (C=O) groups is 1. The summed E-state index contributed by atoms with van der Waals surface area (Å²) in [5.41, 5.74) is 0.711. The maximum absolute atomic E-state index is 14.4. The van der Waals surface area contributed by atoms with Gasteiger partial charge >= 0.3 is 12.1 Å². The molecule has 29 heavy (non-hydrogen) atoms. The topological polar surface area (TPSA) is 49.3 Å². The van der Waals surface area contributed by atoms with E-state index >= 15 is 0 Å². The molecule has 0 radical (unpaired) electrons. The zero-order valence-corrected chi connectivity index (χ0v) is 16.5. The number of halogens is 6. The predicted octanol–water partition coefficient (Wildman–Crippen LogP) is 5.87. The molecular formula is C19H17ClF5NO2S. The molecule has 158 valence electrons. The first kappa shape index (κ1) is 23.4. The van der Waals surface area contributed by atoms with Crippen LogP contribution in [0.25, 0.3) is 0 Å². The first-order valence-corrected chi connectivity index (χ1v) is 9.71. The summed E-state index contributed by atoms with van der Waals surface area (Å²) in [6.45, 7) is 1.77. The lowest BCUT2D eigenvalue weighted by Gasteiger charge is -2.25. The van der Waals surface area contributed by atoms with E-state index in [1.54, 1.807) is 18.2 Å². The smallest absolute Gasteiger partial charge is 0.475 e. The molecule has 1 aliphatic heterocycles. The van der Waals surface area contributed by atoms with Crippen LogP contribution in [-0.2, 0) is 4.79 Å². The van der Waals surface area contributed by atoms with Gasteiger partial charge in [-0.15, -0.1) is 0 Å². The second kappa shape index (κ2) is 10.3. The van der Waals surface area contributed by atoms with E-state index in [-0.39, 0.29) is 17.6 Å². The Morgan fingerprint density at radius 2 is 1.69 bits per heavy atom. The Bertz CT molecular complexity index is 857. The molecule has 1 saturated heterocycles. The van der Waals surface area contributed by atoms with Crippen molar-refractivity contribution in [2.75, 3.05) is 13.1 Å². The van der Waals surface area contributed by atoms with E-state index < -0.39 is 12.1 Å². The van der Waals surface area contributed by atoms with Crippen LogP contribution < -0.4 is 5.32 Å². The van der Waals surface area contributed by atoms with Crippen LogP contribution in [0.4, 0.5) is 22.0 Å². The average molecular weight is 454 g/mol. The Hall–Kier alpha value is -1.84. The molecular weight excluding hydrogens is 437 g/mol. The Morgan fingerprint density at radius 3 is 2.24 bits per heavy atom. The van der Waals surface area contributed by atoms with E-state index in [1.807, 2.05) is 6.07 Å². The fourth-order valence-corrected chi connectivity index (χ4v) is 4.00. The number of aliphatic carboxylic acids is 1. The summed E-state index contributed by atoms with van der Waals surface area (Å²) in [5, 5.41) is 10.8. The van der Waals surface area contributed by atoms with Crippen LogP contribution in [0.2, 0.25) is 5.02 Å².